The van der Waals surface area contributed by atoms with E-state index in [1.165, 1.54) is 11.1 Å². The predicted octanol–water partition coefficient (Wildman–Crippen LogP) is 7.95. The van der Waals surface area contributed by atoms with Crippen LogP contribution in [-0.4, -0.2) is 16.3 Å². The molecule has 0 amide bonds. The van der Waals surface area contributed by atoms with Gasteiger partial charge in [-0.1, -0.05) is 71.5 Å². The molecule has 2 aromatic carbocycles. The van der Waals surface area contributed by atoms with E-state index >= 15 is 0 Å². The van der Waals surface area contributed by atoms with Crippen molar-refractivity contribution in [2.75, 3.05) is 0 Å². The molecule has 0 aliphatic heterocycles. The number of hydrogen-bond donors (Lipinski definition) is 1. The van der Waals surface area contributed by atoms with Crippen LogP contribution in [0.2, 0.25) is 0 Å². The van der Waals surface area contributed by atoms with Gasteiger partial charge in [0.25, 0.3) is 0 Å². The number of halogens is 2. The summed E-state index contributed by atoms with van der Waals surface area (Å²) in [7, 11) is 9.53. The van der Waals surface area contributed by atoms with E-state index in [4.69, 9.17) is 25.2 Å². The van der Waals surface area contributed by atoms with Gasteiger partial charge >= 0.3 is 33.3 Å². The number of para-hydroxylation sites is 2. The summed E-state index contributed by atoms with van der Waals surface area (Å²) in [6.07, 6.45) is 1.79. The molecule has 0 saturated carbocycles. The zero-order valence-electron chi connectivity index (χ0n) is 16.3. The predicted molar refractivity (Wildman–Crippen MR) is 124 cm³/mol. The number of phenols is 1. The molecule has 0 aliphatic carbocycles. The van der Waals surface area contributed by atoms with E-state index in [2.05, 4.69) is 50.9 Å². The Morgan fingerprint density at radius 1 is 0.931 bits per heavy atom. The maximum absolute atomic E-state index is 10.0. The fourth-order valence-corrected chi connectivity index (χ4v) is 3.01. The first-order valence-electron chi connectivity index (χ1n) is 8.99. The number of phenolic OH excluding ortho intramolecular Hbond substituents is 1. The number of aliphatic imine (C=N–C) groups is 1. The van der Waals surface area contributed by atoms with Crippen molar-refractivity contribution in [3.8, 4) is 5.75 Å². The maximum atomic E-state index is 10.0. The van der Waals surface area contributed by atoms with E-state index in [9.17, 15) is 5.11 Å². The molecular weight excluding hydrogens is 447 g/mol. The van der Waals surface area contributed by atoms with Crippen LogP contribution in [-0.2, 0) is 13.1 Å². The second kappa shape index (κ2) is 12.2. The number of aromatic nitrogens is 1. The molecule has 0 unspecified atom stereocenters. The summed E-state index contributed by atoms with van der Waals surface area (Å²) in [5, 5.41) is 10.9. The Labute approximate surface area is 188 Å². The van der Waals surface area contributed by atoms with Gasteiger partial charge in [0, 0.05) is 5.39 Å². The van der Waals surface area contributed by atoms with Crippen LogP contribution in [0, 0.1) is 0 Å². The van der Waals surface area contributed by atoms with Gasteiger partial charge in [-0.2, -0.15) is 0 Å². The van der Waals surface area contributed by atoms with Gasteiger partial charge in [-0.25, -0.2) is 4.98 Å². The Morgan fingerprint density at radius 2 is 1.48 bits per heavy atom. The Morgan fingerprint density at radius 3 is 2.03 bits per heavy atom. The molecule has 6 heteroatoms. The molecule has 0 radical (unpaired) electrons. The minimum atomic E-state index is 0. The van der Waals surface area contributed by atoms with Crippen molar-refractivity contribution in [1.82, 2.24) is 4.98 Å². The third-order valence-electron chi connectivity index (χ3n) is 4.39. The van der Waals surface area contributed by atoms with E-state index in [0.717, 1.165) is 16.8 Å². The van der Waals surface area contributed by atoms with Crippen molar-refractivity contribution in [3.05, 3.63) is 65.4 Å². The van der Waals surface area contributed by atoms with Gasteiger partial charge in [0.1, 0.15) is 11.3 Å². The molecule has 1 N–H and O–H groups in total. The van der Waals surface area contributed by atoms with Gasteiger partial charge in [0.15, 0.2) is 0 Å². The van der Waals surface area contributed by atoms with Crippen LogP contribution >= 0.6 is 20.2 Å². The van der Waals surface area contributed by atoms with E-state index in [1.54, 1.807) is 12.3 Å². The summed E-state index contributed by atoms with van der Waals surface area (Å²) in [6, 6.07) is 15.7. The number of rotatable bonds is 4. The summed E-state index contributed by atoms with van der Waals surface area (Å²) in [5.74, 6) is 0.997. The normalized spacial score (nSPS) is 11.0. The molecule has 1 heterocycles. The molecule has 3 rings (SSSR count). The van der Waals surface area contributed by atoms with E-state index in [0.29, 0.717) is 17.4 Å². The fraction of sp³-hybridized carbons (Fsp3) is 0.304. The Balaban J connectivity index is 0.000000990. The summed E-state index contributed by atoms with van der Waals surface area (Å²) in [6.45, 7) is 8.74. The summed E-state index contributed by atoms with van der Waals surface area (Å²) < 4.78 is 0. The monoisotopic (exact) mass is 474 g/mol. The quantitative estimate of drug-likeness (QED) is 0.308. The summed E-state index contributed by atoms with van der Waals surface area (Å²) >= 11 is 0.194. The Kier molecular flexibility index (Phi) is 10.7. The van der Waals surface area contributed by atoms with Crippen molar-refractivity contribution < 1.29 is 18.2 Å². The average molecular weight is 475 g/mol. The summed E-state index contributed by atoms with van der Waals surface area (Å²) in [4.78, 5) is 9.33. The Bertz CT molecular complexity index is 933. The molecule has 0 saturated heterocycles. The second-order valence-corrected chi connectivity index (χ2v) is 8.81. The van der Waals surface area contributed by atoms with Crippen LogP contribution in [0.3, 0.4) is 0 Å². The molecule has 0 aliphatic rings. The van der Waals surface area contributed by atoms with E-state index in [1.807, 2.05) is 24.3 Å². The van der Waals surface area contributed by atoms with E-state index in [-0.39, 0.29) is 26.3 Å². The van der Waals surface area contributed by atoms with Crippen LogP contribution in [0.1, 0.15) is 63.8 Å². The number of aromatic hydroxyl groups is 1. The molecule has 29 heavy (non-hydrogen) atoms. The van der Waals surface area contributed by atoms with Gasteiger partial charge in [0.2, 0.25) is 0 Å². The number of pyridine rings is 1. The van der Waals surface area contributed by atoms with Crippen LogP contribution in [0.15, 0.2) is 53.5 Å². The number of nitrogens with zero attached hydrogens (tertiary/aromatic N) is 2. The average Bonchev–Trinajstić information content (AvgIpc) is 2.67. The van der Waals surface area contributed by atoms with Crippen molar-refractivity contribution in [2.45, 2.75) is 47.0 Å². The molecule has 0 fully saturated rings. The van der Waals surface area contributed by atoms with Gasteiger partial charge in [-0.15, -0.1) is 0 Å². The Hall–Kier alpha value is -1.58. The molecule has 158 valence electrons. The topological polar surface area (TPSA) is 45.5 Å². The van der Waals surface area contributed by atoms with Crippen molar-refractivity contribution in [1.29, 1.82) is 0 Å². The molecule has 0 spiro atoms. The first-order chi connectivity index (χ1) is 13.4. The molecule has 1 aromatic heterocycles. The van der Waals surface area contributed by atoms with Crippen LogP contribution in [0.25, 0.3) is 10.9 Å². The van der Waals surface area contributed by atoms with Crippen LogP contribution in [0.5, 0.6) is 5.75 Å². The van der Waals surface area contributed by atoms with Crippen molar-refractivity contribution in [3.63, 3.8) is 0 Å². The van der Waals surface area contributed by atoms with Gasteiger partial charge in [-0.3, -0.25) is 4.99 Å². The molecule has 0 atom stereocenters. The molecular formula is C23H28Cl2FeN2O. The zero-order valence-corrected chi connectivity index (χ0v) is 18.9. The summed E-state index contributed by atoms with van der Waals surface area (Å²) in [5.41, 5.74) is 4.86. The van der Waals surface area contributed by atoms with Crippen LogP contribution < -0.4 is 0 Å². The second-order valence-electron chi connectivity index (χ2n) is 6.99. The molecule has 0 bridgehead atoms. The van der Waals surface area contributed by atoms with Gasteiger partial charge < -0.3 is 5.11 Å². The molecule has 3 aromatic rings. The fourth-order valence-electron chi connectivity index (χ4n) is 3.01. The molecule has 3 nitrogen and oxygen atoms in total. The SMILES string of the molecule is C.CC(C)c1cccc(C(C)C)c1N=Cc1ccc2cccc(O)c2n1.[Cl][Fe][Cl]. The first kappa shape index (κ1) is 25.5. The van der Waals surface area contributed by atoms with E-state index < -0.39 is 0 Å². The van der Waals surface area contributed by atoms with Gasteiger partial charge in [-0.05, 0) is 35.1 Å². The van der Waals surface area contributed by atoms with Gasteiger partial charge in [0.05, 0.1) is 17.6 Å². The van der Waals surface area contributed by atoms with Crippen molar-refractivity contribution in [2.24, 2.45) is 4.99 Å². The first-order valence-corrected chi connectivity index (χ1v) is 12.0. The minimum absolute atomic E-state index is 0. The zero-order chi connectivity index (χ0) is 20.7. The third kappa shape index (κ3) is 6.72. The number of fused-ring (bicyclic) bond motifs is 1. The van der Waals surface area contributed by atoms with Crippen molar-refractivity contribution >= 4 is 43.0 Å². The number of hydrogen-bond acceptors (Lipinski definition) is 3. The van der Waals surface area contributed by atoms with Crippen LogP contribution in [0.4, 0.5) is 5.69 Å². The standard InChI is InChI=1S/C22H24N2O.CH4.2ClH.Fe/c1-14(2)18-8-6-9-19(15(3)4)22(18)23-13-17-12-11-16-7-5-10-20(25)21(16)24-17;;;;/h5-15,25H,1-4H3;1H4;2*1H;/q;;;;+2/p-2. The third-order valence-corrected chi connectivity index (χ3v) is 4.39. The number of benzene rings is 2.